The van der Waals surface area contributed by atoms with Crippen molar-refractivity contribution >= 4 is 12.0 Å². The van der Waals surface area contributed by atoms with E-state index in [4.69, 9.17) is 4.74 Å². The number of phenolic OH excluding ortho intramolecular Hbond substituents is 1. The predicted molar refractivity (Wildman–Crippen MR) is 128 cm³/mol. The van der Waals surface area contributed by atoms with E-state index < -0.39 is 0 Å². The summed E-state index contributed by atoms with van der Waals surface area (Å²) in [6.07, 6.45) is 21.7. The molecule has 170 valence electrons. The van der Waals surface area contributed by atoms with Crippen molar-refractivity contribution in [2.45, 2.75) is 111 Å². The topological polar surface area (TPSA) is 46.5 Å². The average molecular weight is 417 g/mol. The zero-order valence-electron chi connectivity index (χ0n) is 19.7. The fraction of sp³-hybridized carbons (Fsp3) is 0.667. The van der Waals surface area contributed by atoms with Gasteiger partial charge < -0.3 is 9.84 Å². The van der Waals surface area contributed by atoms with Crippen LogP contribution in [0, 0.1) is 13.8 Å². The lowest BCUT2D eigenvalue weighted by molar-refractivity contribution is -0.137. The van der Waals surface area contributed by atoms with Crippen LogP contribution in [-0.2, 0) is 9.53 Å². The van der Waals surface area contributed by atoms with Gasteiger partial charge in [-0.3, -0.25) is 0 Å². The highest BCUT2D eigenvalue weighted by Gasteiger charge is 2.02. The van der Waals surface area contributed by atoms with Crippen molar-refractivity contribution in [1.82, 2.24) is 0 Å². The molecule has 0 spiro atoms. The van der Waals surface area contributed by atoms with Crippen LogP contribution < -0.4 is 0 Å². The molecule has 0 aliphatic rings. The Balaban J connectivity index is 1.95. The monoisotopic (exact) mass is 416 g/mol. The van der Waals surface area contributed by atoms with E-state index in [-0.39, 0.29) is 5.97 Å². The number of carbonyl (C=O) groups excluding carboxylic acids is 1. The minimum Gasteiger partial charge on any atom is -0.507 e. The largest absolute Gasteiger partial charge is 0.507 e. The number of aryl methyl sites for hydroxylation is 2. The smallest absolute Gasteiger partial charge is 0.330 e. The van der Waals surface area contributed by atoms with Gasteiger partial charge in [0, 0.05) is 6.08 Å². The number of phenols is 1. The van der Waals surface area contributed by atoms with Gasteiger partial charge in [0.15, 0.2) is 0 Å². The Morgan fingerprint density at radius 3 is 1.70 bits per heavy atom. The van der Waals surface area contributed by atoms with Crippen LogP contribution in [0.25, 0.3) is 6.08 Å². The van der Waals surface area contributed by atoms with Crippen molar-refractivity contribution in [2.75, 3.05) is 6.61 Å². The standard InChI is InChI=1S/C27H44O3/c1-4-5-6-7-8-9-10-11-12-13-14-15-16-17-20-30-26(28)19-18-25-21-23(2)27(29)24(3)22-25/h18-19,21-22,29H,4-17,20H2,1-3H3/b19-18+. The van der Waals surface area contributed by atoms with E-state index in [0.29, 0.717) is 12.4 Å². The molecule has 0 heterocycles. The zero-order chi connectivity index (χ0) is 22.0. The van der Waals surface area contributed by atoms with E-state index in [1.807, 2.05) is 26.0 Å². The van der Waals surface area contributed by atoms with Gasteiger partial charge in [-0.2, -0.15) is 0 Å². The summed E-state index contributed by atoms with van der Waals surface area (Å²) in [4.78, 5) is 11.8. The molecule has 0 amide bonds. The Labute approximate surface area is 184 Å². The van der Waals surface area contributed by atoms with Gasteiger partial charge in [0.25, 0.3) is 0 Å². The molecule has 0 aliphatic heterocycles. The molecule has 3 heteroatoms. The van der Waals surface area contributed by atoms with Crippen molar-refractivity contribution in [3.05, 3.63) is 34.9 Å². The van der Waals surface area contributed by atoms with Gasteiger partial charge in [0.05, 0.1) is 6.61 Å². The Hall–Kier alpha value is -1.77. The zero-order valence-corrected chi connectivity index (χ0v) is 19.7. The number of aromatic hydroxyl groups is 1. The van der Waals surface area contributed by atoms with E-state index in [9.17, 15) is 9.90 Å². The fourth-order valence-corrected chi connectivity index (χ4v) is 3.77. The predicted octanol–water partition coefficient (Wildman–Crippen LogP) is 8.05. The summed E-state index contributed by atoms with van der Waals surface area (Å²) < 4.78 is 5.28. The Bertz CT molecular complexity index is 596. The van der Waals surface area contributed by atoms with Gasteiger partial charge in [-0.1, -0.05) is 90.4 Å². The van der Waals surface area contributed by atoms with Crippen molar-refractivity contribution in [3.63, 3.8) is 0 Å². The van der Waals surface area contributed by atoms with Crippen molar-refractivity contribution < 1.29 is 14.6 Å². The summed E-state index contributed by atoms with van der Waals surface area (Å²) in [7, 11) is 0. The van der Waals surface area contributed by atoms with Gasteiger partial charge >= 0.3 is 5.97 Å². The SMILES string of the molecule is CCCCCCCCCCCCCCCCOC(=O)/C=C/c1cc(C)c(O)c(C)c1. The van der Waals surface area contributed by atoms with E-state index in [1.54, 1.807) is 6.08 Å². The van der Waals surface area contributed by atoms with Crippen LogP contribution in [-0.4, -0.2) is 17.7 Å². The molecule has 0 bridgehead atoms. The second kappa shape index (κ2) is 17.0. The Morgan fingerprint density at radius 1 is 0.800 bits per heavy atom. The molecule has 1 rings (SSSR count). The lowest BCUT2D eigenvalue weighted by Gasteiger charge is -2.05. The van der Waals surface area contributed by atoms with Gasteiger partial charge in [-0.05, 0) is 55.2 Å². The maximum absolute atomic E-state index is 11.8. The summed E-state index contributed by atoms with van der Waals surface area (Å²) >= 11 is 0. The second-order valence-electron chi connectivity index (χ2n) is 8.60. The van der Waals surface area contributed by atoms with E-state index in [2.05, 4.69) is 6.92 Å². The van der Waals surface area contributed by atoms with Crippen LogP contribution in [0.5, 0.6) is 5.75 Å². The second-order valence-corrected chi connectivity index (χ2v) is 8.60. The van der Waals surface area contributed by atoms with Crippen molar-refractivity contribution in [2.24, 2.45) is 0 Å². The molecule has 0 atom stereocenters. The fourth-order valence-electron chi connectivity index (χ4n) is 3.77. The molecule has 1 aromatic rings. The van der Waals surface area contributed by atoms with Crippen molar-refractivity contribution in [1.29, 1.82) is 0 Å². The molecule has 0 saturated heterocycles. The third kappa shape index (κ3) is 12.7. The van der Waals surface area contributed by atoms with Crippen LogP contribution in [0.15, 0.2) is 18.2 Å². The first-order valence-electron chi connectivity index (χ1n) is 12.2. The minimum atomic E-state index is -0.298. The van der Waals surface area contributed by atoms with Crippen LogP contribution in [0.1, 0.15) is 114 Å². The molecule has 0 aromatic heterocycles. The quantitative estimate of drug-likeness (QED) is 0.159. The highest BCUT2D eigenvalue weighted by Crippen LogP contribution is 2.23. The minimum absolute atomic E-state index is 0.298. The highest BCUT2D eigenvalue weighted by atomic mass is 16.5. The number of rotatable bonds is 17. The number of benzene rings is 1. The molecule has 1 N–H and O–H groups in total. The number of unbranched alkanes of at least 4 members (excludes halogenated alkanes) is 13. The summed E-state index contributed by atoms with van der Waals surface area (Å²) in [6.45, 7) is 6.47. The van der Waals surface area contributed by atoms with Crippen LogP contribution in [0.4, 0.5) is 0 Å². The number of ether oxygens (including phenoxy) is 1. The van der Waals surface area contributed by atoms with E-state index >= 15 is 0 Å². The average Bonchev–Trinajstić information content (AvgIpc) is 2.73. The molecule has 3 nitrogen and oxygen atoms in total. The van der Waals surface area contributed by atoms with Gasteiger partial charge in [0.1, 0.15) is 5.75 Å². The molecule has 1 aromatic carbocycles. The summed E-state index contributed by atoms with van der Waals surface area (Å²) in [5, 5.41) is 9.79. The normalized spacial score (nSPS) is 11.3. The summed E-state index contributed by atoms with van der Waals surface area (Å²) in [5.74, 6) is 0.0145. The molecule has 0 fully saturated rings. The molecular formula is C27H44O3. The molecule has 0 aliphatic carbocycles. The van der Waals surface area contributed by atoms with E-state index in [1.165, 1.54) is 83.1 Å². The van der Waals surface area contributed by atoms with Gasteiger partial charge in [-0.25, -0.2) is 4.79 Å². The molecule has 0 radical (unpaired) electrons. The van der Waals surface area contributed by atoms with Gasteiger partial charge in [0.2, 0.25) is 0 Å². The summed E-state index contributed by atoms with van der Waals surface area (Å²) in [5.41, 5.74) is 2.52. The first-order chi connectivity index (χ1) is 14.5. The van der Waals surface area contributed by atoms with Crippen molar-refractivity contribution in [3.8, 4) is 5.75 Å². The molecule has 30 heavy (non-hydrogen) atoms. The lowest BCUT2D eigenvalue weighted by atomic mass is 10.0. The lowest BCUT2D eigenvalue weighted by Crippen LogP contribution is -2.02. The maximum atomic E-state index is 11.8. The van der Waals surface area contributed by atoms with E-state index in [0.717, 1.165) is 29.5 Å². The highest BCUT2D eigenvalue weighted by molar-refractivity contribution is 5.87. The Morgan fingerprint density at radius 2 is 1.23 bits per heavy atom. The van der Waals surface area contributed by atoms with Crippen LogP contribution >= 0.6 is 0 Å². The molecule has 0 saturated carbocycles. The van der Waals surface area contributed by atoms with Crippen LogP contribution in [0.3, 0.4) is 0 Å². The van der Waals surface area contributed by atoms with Crippen LogP contribution in [0.2, 0.25) is 0 Å². The number of carbonyl (C=O) groups is 1. The third-order valence-electron chi connectivity index (χ3n) is 5.67. The Kier molecular flexibility index (Phi) is 14.9. The first kappa shape index (κ1) is 26.3. The number of esters is 1. The first-order valence-corrected chi connectivity index (χ1v) is 12.2. The van der Waals surface area contributed by atoms with Gasteiger partial charge in [-0.15, -0.1) is 0 Å². The third-order valence-corrected chi connectivity index (χ3v) is 5.67. The maximum Gasteiger partial charge on any atom is 0.330 e. The number of hydrogen-bond donors (Lipinski definition) is 1. The summed E-state index contributed by atoms with van der Waals surface area (Å²) in [6, 6.07) is 3.72. The molecule has 0 unspecified atom stereocenters. The molecular weight excluding hydrogens is 372 g/mol. The number of hydrogen-bond acceptors (Lipinski definition) is 3.